The number of imidazole rings is 1. The molecule has 2 aromatic rings. The number of hydrogen-bond acceptors (Lipinski definition) is 4. The lowest BCUT2D eigenvalue weighted by atomic mass is 10.3. The quantitative estimate of drug-likeness (QED) is 0.822. The smallest absolute Gasteiger partial charge is 0.207 e. The van der Waals surface area contributed by atoms with Crippen LogP contribution in [0.3, 0.4) is 0 Å². The van der Waals surface area contributed by atoms with Crippen LogP contribution in [0, 0.1) is 6.92 Å². The Labute approximate surface area is 127 Å². The second-order valence-corrected chi connectivity index (χ2v) is 5.26. The second-order valence-electron chi connectivity index (χ2n) is 4.34. The van der Waals surface area contributed by atoms with Gasteiger partial charge in [0.1, 0.15) is 5.75 Å². The van der Waals surface area contributed by atoms with Gasteiger partial charge in [-0.25, -0.2) is 4.98 Å². The molecule has 6 heteroatoms. The molecule has 1 N–H and O–H groups in total. The minimum atomic E-state index is 0.633. The third-order valence-corrected chi connectivity index (χ3v) is 3.24. The lowest BCUT2D eigenvalue weighted by Crippen LogP contribution is -2.11. The molecule has 0 bridgehead atoms. The number of benzene rings is 1. The number of aryl methyl sites for hydroxylation is 1. The zero-order chi connectivity index (χ0) is 14.5. The topological polar surface area (TPSA) is 48.3 Å². The van der Waals surface area contributed by atoms with Gasteiger partial charge in [-0.15, -0.1) is 0 Å². The first-order valence-corrected chi connectivity index (χ1v) is 7.07. The van der Waals surface area contributed by atoms with E-state index in [0.29, 0.717) is 13.2 Å². The maximum absolute atomic E-state index is 5.30. The van der Waals surface area contributed by atoms with E-state index in [2.05, 4.69) is 26.2 Å². The molecule has 108 valence electrons. The molecule has 0 spiro atoms. The number of nitrogens with zero attached hydrogens (tertiary/aromatic N) is 2. The summed E-state index contributed by atoms with van der Waals surface area (Å²) in [6.07, 6.45) is 1.98. The molecule has 0 aliphatic carbocycles. The Hall–Kier alpha value is -1.53. The minimum Gasteiger partial charge on any atom is -0.497 e. The van der Waals surface area contributed by atoms with E-state index in [1.165, 1.54) is 0 Å². The fourth-order valence-electron chi connectivity index (χ4n) is 1.89. The summed E-state index contributed by atoms with van der Waals surface area (Å²) in [7, 11) is 3.33. The predicted octanol–water partition coefficient (Wildman–Crippen LogP) is 3.01. The van der Waals surface area contributed by atoms with Crippen LogP contribution in [0.4, 0.5) is 5.95 Å². The summed E-state index contributed by atoms with van der Waals surface area (Å²) in [6.45, 7) is 3.30. The summed E-state index contributed by atoms with van der Waals surface area (Å²) in [5.41, 5.74) is 1.93. The third-order valence-electron chi connectivity index (χ3n) is 2.79. The molecule has 0 aliphatic rings. The lowest BCUT2D eigenvalue weighted by Gasteiger charge is -2.11. The second kappa shape index (κ2) is 6.76. The van der Waals surface area contributed by atoms with Gasteiger partial charge in [0.2, 0.25) is 5.95 Å². The van der Waals surface area contributed by atoms with Crippen LogP contribution in [0.25, 0.3) is 5.69 Å². The molecule has 0 atom stereocenters. The van der Waals surface area contributed by atoms with Gasteiger partial charge in [0.25, 0.3) is 0 Å². The van der Waals surface area contributed by atoms with E-state index in [1.54, 1.807) is 14.2 Å². The van der Waals surface area contributed by atoms with Gasteiger partial charge < -0.3 is 14.8 Å². The van der Waals surface area contributed by atoms with Crippen LogP contribution in [0.5, 0.6) is 5.75 Å². The highest BCUT2D eigenvalue weighted by atomic mass is 79.9. The zero-order valence-electron chi connectivity index (χ0n) is 11.8. The summed E-state index contributed by atoms with van der Waals surface area (Å²) in [5.74, 6) is 1.59. The third kappa shape index (κ3) is 3.52. The Morgan fingerprint density at radius 3 is 2.80 bits per heavy atom. The first kappa shape index (κ1) is 14.9. The van der Waals surface area contributed by atoms with Crippen molar-refractivity contribution in [3.05, 3.63) is 34.6 Å². The lowest BCUT2D eigenvalue weighted by molar-refractivity contribution is 0.210. The van der Waals surface area contributed by atoms with E-state index in [4.69, 9.17) is 9.47 Å². The summed E-state index contributed by atoms with van der Waals surface area (Å²) < 4.78 is 13.3. The molecule has 0 aliphatic heterocycles. The van der Waals surface area contributed by atoms with Crippen molar-refractivity contribution in [1.82, 2.24) is 9.55 Å². The number of halogens is 1. The van der Waals surface area contributed by atoms with Crippen LogP contribution in [0.1, 0.15) is 5.69 Å². The number of methoxy groups -OCH3 is 2. The first-order valence-electron chi connectivity index (χ1n) is 6.28. The van der Waals surface area contributed by atoms with Crippen LogP contribution in [0.15, 0.2) is 28.9 Å². The monoisotopic (exact) mass is 339 g/mol. The van der Waals surface area contributed by atoms with E-state index in [0.717, 1.165) is 27.6 Å². The van der Waals surface area contributed by atoms with Crippen LogP contribution in [-0.2, 0) is 4.74 Å². The maximum atomic E-state index is 5.30. The molecule has 1 heterocycles. The van der Waals surface area contributed by atoms with E-state index < -0.39 is 0 Å². The number of aromatic nitrogens is 2. The van der Waals surface area contributed by atoms with Crippen molar-refractivity contribution in [2.45, 2.75) is 6.92 Å². The normalized spacial score (nSPS) is 10.6. The Morgan fingerprint density at radius 2 is 2.10 bits per heavy atom. The van der Waals surface area contributed by atoms with Crippen LogP contribution in [-0.4, -0.2) is 36.9 Å². The SMILES string of the molecule is COCCNc1nc(C)cn1-c1cc(Br)cc(OC)c1. The highest BCUT2D eigenvalue weighted by Gasteiger charge is 2.09. The van der Waals surface area contributed by atoms with Crippen molar-refractivity contribution in [3.63, 3.8) is 0 Å². The highest BCUT2D eigenvalue weighted by molar-refractivity contribution is 9.10. The molecular weight excluding hydrogens is 322 g/mol. The van der Waals surface area contributed by atoms with Crippen molar-refractivity contribution in [2.24, 2.45) is 0 Å². The Morgan fingerprint density at radius 1 is 1.30 bits per heavy atom. The number of ether oxygens (including phenoxy) is 2. The molecule has 0 radical (unpaired) electrons. The summed E-state index contributed by atoms with van der Waals surface area (Å²) >= 11 is 3.49. The van der Waals surface area contributed by atoms with Gasteiger partial charge >= 0.3 is 0 Å². The van der Waals surface area contributed by atoms with Crippen LogP contribution < -0.4 is 10.1 Å². The van der Waals surface area contributed by atoms with Gasteiger partial charge in [-0.1, -0.05) is 15.9 Å². The number of rotatable bonds is 6. The zero-order valence-corrected chi connectivity index (χ0v) is 13.4. The molecule has 1 aromatic heterocycles. The molecule has 0 fully saturated rings. The van der Waals surface area contributed by atoms with Gasteiger partial charge in [-0.2, -0.15) is 0 Å². The molecule has 5 nitrogen and oxygen atoms in total. The van der Waals surface area contributed by atoms with E-state index in [9.17, 15) is 0 Å². The standard InChI is InChI=1S/C14H18BrN3O2/c1-10-9-18(14(17-10)16-4-5-19-2)12-6-11(15)7-13(8-12)20-3/h6-9H,4-5H2,1-3H3,(H,16,17). The molecule has 0 saturated carbocycles. The average molecular weight is 340 g/mol. The largest absolute Gasteiger partial charge is 0.497 e. The summed E-state index contributed by atoms with van der Waals surface area (Å²) in [5, 5.41) is 3.26. The first-order chi connectivity index (χ1) is 9.63. The molecule has 0 saturated heterocycles. The Kier molecular flexibility index (Phi) is 5.03. The fourth-order valence-corrected chi connectivity index (χ4v) is 2.35. The van der Waals surface area contributed by atoms with Crippen molar-refractivity contribution in [3.8, 4) is 11.4 Å². The average Bonchev–Trinajstić information content (AvgIpc) is 2.79. The maximum Gasteiger partial charge on any atom is 0.207 e. The van der Waals surface area contributed by atoms with Gasteiger partial charge in [-0.3, -0.25) is 4.57 Å². The summed E-state index contributed by atoms with van der Waals surface area (Å²) in [4.78, 5) is 4.48. The fraction of sp³-hybridized carbons (Fsp3) is 0.357. The molecule has 2 rings (SSSR count). The van der Waals surface area contributed by atoms with Gasteiger partial charge in [0.15, 0.2) is 0 Å². The van der Waals surface area contributed by atoms with Crippen molar-refractivity contribution < 1.29 is 9.47 Å². The number of anilines is 1. The van der Waals surface area contributed by atoms with E-state index in [1.807, 2.05) is 35.9 Å². The number of hydrogen-bond donors (Lipinski definition) is 1. The minimum absolute atomic E-state index is 0.633. The highest BCUT2D eigenvalue weighted by Crippen LogP contribution is 2.26. The van der Waals surface area contributed by atoms with Crippen molar-refractivity contribution in [1.29, 1.82) is 0 Å². The van der Waals surface area contributed by atoms with Crippen LogP contribution >= 0.6 is 15.9 Å². The van der Waals surface area contributed by atoms with Crippen LogP contribution in [0.2, 0.25) is 0 Å². The van der Waals surface area contributed by atoms with E-state index >= 15 is 0 Å². The Balaban J connectivity index is 2.33. The van der Waals surface area contributed by atoms with Gasteiger partial charge in [-0.05, 0) is 19.1 Å². The Bertz CT molecular complexity index is 584. The van der Waals surface area contributed by atoms with Gasteiger partial charge in [0.05, 0.1) is 25.1 Å². The molecule has 1 aromatic carbocycles. The number of nitrogens with one attached hydrogen (secondary N) is 1. The summed E-state index contributed by atoms with van der Waals surface area (Å²) in [6, 6.07) is 5.91. The van der Waals surface area contributed by atoms with Crippen molar-refractivity contribution >= 4 is 21.9 Å². The van der Waals surface area contributed by atoms with Crippen molar-refractivity contribution in [2.75, 3.05) is 32.7 Å². The molecule has 0 unspecified atom stereocenters. The molecule has 0 amide bonds. The predicted molar refractivity (Wildman–Crippen MR) is 82.9 cm³/mol. The molecule has 20 heavy (non-hydrogen) atoms. The molecular formula is C14H18BrN3O2. The van der Waals surface area contributed by atoms with E-state index in [-0.39, 0.29) is 0 Å². The van der Waals surface area contributed by atoms with Gasteiger partial charge in [0, 0.05) is 30.4 Å².